The first kappa shape index (κ1) is 22.5. The molecule has 0 unspecified atom stereocenters. The Hall–Kier alpha value is -3.25. The van der Waals surface area contributed by atoms with Gasteiger partial charge in [-0.05, 0) is 60.2 Å². The van der Waals surface area contributed by atoms with Gasteiger partial charge in [-0.25, -0.2) is 0 Å². The molecule has 34 heavy (non-hydrogen) atoms. The Bertz CT molecular complexity index is 1430. The lowest BCUT2D eigenvalue weighted by molar-refractivity contribution is 0.0983. The van der Waals surface area contributed by atoms with Crippen LogP contribution in [0.2, 0.25) is 15.1 Å². The van der Waals surface area contributed by atoms with Crippen LogP contribution in [0.4, 0.5) is 11.4 Å². The van der Waals surface area contributed by atoms with Crippen molar-refractivity contribution in [2.24, 2.45) is 0 Å². The van der Waals surface area contributed by atoms with E-state index in [9.17, 15) is 9.59 Å². The molecule has 3 aromatic carbocycles. The zero-order valence-electron chi connectivity index (χ0n) is 17.8. The zero-order valence-corrected chi connectivity index (χ0v) is 20.0. The van der Waals surface area contributed by atoms with Gasteiger partial charge in [0.1, 0.15) is 0 Å². The van der Waals surface area contributed by atoms with Crippen LogP contribution in [0.25, 0.3) is 0 Å². The summed E-state index contributed by atoms with van der Waals surface area (Å²) in [7, 11) is 0. The molecule has 1 aromatic heterocycles. The van der Waals surface area contributed by atoms with Gasteiger partial charge in [-0.1, -0.05) is 53.0 Å². The van der Waals surface area contributed by atoms with Crippen molar-refractivity contribution in [3.8, 4) is 0 Å². The van der Waals surface area contributed by atoms with E-state index in [1.165, 1.54) is 6.07 Å². The lowest BCUT2D eigenvalue weighted by atomic mass is 10.1. The van der Waals surface area contributed by atoms with Gasteiger partial charge in [-0.3, -0.25) is 9.59 Å². The number of rotatable bonds is 3. The Kier molecular flexibility index (Phi) is 6.09. The molecule has 5 rings (SSSR count). The van der Waals surface area contributed by atoms with E-state index in [0.717, 1.165) is 16.9 Å². The fourth-order valence-corrected chi connectivity index (χ4v) is 4.76. The minimum atomic E-state index is -0.426. The molecule has 0 atom stereocenters. The van der Waals surface area contributed by atoms with E-state index in [2.05, 4.69) is 9.88 Å². The molecule has 8 heteroatoms. The van der Waals surface area contributed by atoms with Crippen LogP contribution in [0, 0.1) is 0 Å². The molecule has 0 spiro atoms. The van der Waals surface area contributed by atoms with Gasteiger partial charge in [0.2, 0.25) is 0 Å². The van der Waals surface area contributed by atoms with E-state index in [0.29, 0.717) is 29.4 Å². The average Bonchev–Trinajstić information content (AvgIpc) is 3.18. The topological polar surface area (TPSA) is 54.3 Å². The maximum atomic E-state index is 13.6. The van der Waals surface area contributed by atoms with Crippen LogP contribution in [0.3, 0.4) is 0 Å². The van der Waals surface area contributed by atoms with E-state index < -0.39 is 5.91 Å². The molecule has 170 valence electrons. The molecule has 0 saturated heterocycles. The van der Waals surface area contributed by atoms with E-state index in [4.69, 9.17) is 34.8 Å². The molecule has 0 radical (unpaired) electrons. The molecular weight excluding hydrogens is 493 g/mol. The second-order valence-corrected chi connectivity index (χ2v) is 9.17. The summed E-state index contributed by atoms with van der Waals surface area (Å²) in [5, 5.41) is 3.66. The summed E-state index contributed by atoms with van der Waals surface area (Å²) < 4.78 is 2.14. The summed E-state index contributed by atoms with van der Waals surface area (Å²) in [5.41, 5.74) is 4.02. The van der Waals surface area contributed by atoms with Crippen LogP contribution in [0.15, 0.2) is 79.0 Å². The number of carbonyl (C=O) groups excluding carboxylic acids is 2. The van der Waals surface area contributed by atoms with Gasteiger partial charge in [0.15, 0.2) is 0 Å². The summed E-state index contributed by atoms with van der Waals surface area (Å²) >= 11 is 18.5. The third-order valence-electron chi connectivity index (χ3n) is 5.75. The summed E-state index contributed by atoms with van der Waals surface area (Å²) in [6.45, 7) is 1.13. The zero-order chi connectivity index (χ0) is 23.8. The van der Waals surface area contributed by atoms with Gasteiger partial charge in [0.25, 0.3) is 11.8 Å². The Labute approximate surface area is 211 Å². The van der Waals surface area contributed by atoms with Crippen LogP contribution < -0.4 is 10.2 Å². The van der Waals surface area contributed by atoms with Gasteiger partial charge >= 0.3 is 0 Å². The highest BCUT2D eigenvalue weighted by molar-refractivity contribution is 6.38. The Balaban J connectivity index is 1.42. The second-order valence-electron chi connectivity index (χ2n) is 7.92. The molecule has 1 aliphatic rings. The van der Waals surface area contributed by atoms with Gasteiger partial charge in [-0.15, -0.1) is 0 Å². The normalized spacial score (nSPS) is 12.5. The van der Waals surface area contributed by atoms with Crippen molar-refractivity contribution in [1.29, 1.82) is 0 Å². The highest BCUT2D eigenvalue weighted by Crippen LogP contribution is 2.31. The smallest absolute Gasteiger partial charge is 0.258 e. The van der Waals surface area contributed by atoms with E-state index in [-0.39, 0.29) is 21.5 Å². The minimum Gasteiger partial charge on any atom is -0.345 e. The molecule has 2 amide bonds. The molecule has 1 N–H and O–H groups in total. The first-order valence-corrected chi connectivity index (χ1v) is 11.6. The number of halogens is 3. The highest BCUT2D eigenvalue weighted by atomic mass is 35.5. The molecule has 5 nitrogen and oxygen atoms in total. The number of aromatic nitrogens is 1. The molecular formula is C26H18Cl3N3O2. The van der Waals surface area contributed by atoms with Crippen LogP contribution >= 0.6 is 34.8 Å². The van der Waals surface area contributed by atoms with Crippen LogP contribution in [-0.4, -0.2) is 16.4 Å². The summed E-state index contributed by atoms with van der Waals surface area (Å²) in [6, 6.07) is 21.3. The molecule has 0 aliphatic carbocycles. The van der Waals surface area contributed by atoms with Gasteiger partial charge in [0.05, 0.1) is 27.8 Å². The Morgan fingerprint density at radius 2 is 1.65 bits per heavy atom. The number of fused-ring (bicyclic) bond motifs is 2. The minimum absolute atomic E-state index is 0.178. The van der Waals surface area contributed by atoms with Crippen LogP contribution in [0.5, 0.6) is 0 Å². The number of para-hydroxylation sites is 1. The van der Waals surface area contributed by atoms with Gasteiger partial charge < -0.3 is 14.8 Å². The van der Waals surface area contributed by atoms with E-state index in [1.807, 2.05) is 42.6 Å². The number of carbonyl (C=O) groups is 2. The highest BCUT2D eigenvalue weighted by Gasteiger charge is 2.25. The van der Waals surface area contributed by atoms with Crippen molar-refractivity contribution < 1.29 is 9.59 Å². The van der Waals surface area contributed by atoms with E-state index in [1.54, 1.807) is 35.2 Å². The monoisotopic (exact) mass is 509 g/mol. The fraction of sp³-hybridized carbons (Fsp3) is 0.0769. The fourth-order valence-electron chi connectivity index (χ4n) is 4.04. The third-order valence-corrected chi connectivity index (χ3v) is 6.61. The molecule has 0 bridgehead atoms. The van der Waals surface area contributed by atoms with Crippen molar-refractivity contribution in [3.63, 3.8) is 0 Å². The quantitative estimate of drug-likeness (QED) is 0.326. The SMILES string of the molecule is O=C(Nc1ccc(C(=O)N2Cc3cccn3Cc3ccccc32)cc1Cl)c1ccc(Cl)cc1Cl. The largest absolute Gasteiger partial charge is 0.345 e. The first-order chi connectivity index (χ1) is 16.4. The maximum absolute atomic E-state index is 13.6. The molecule has 0 saturated carbocycles. The van der Waals surface area contributed by atoms with Gasteiger partial charge in [-0.2, -0.15) is 0 Å². The standard InChI is InChI=1S/C26H18Cl3N3O2/c27-18-8-9-20(21(28)13-18)25(33)30-23-10-7-16(12-22(23)29)26(34)32-15-19-5-3-11-31(19)14-17-4-1-2-6-24(17)32/h1-13H,14-15H2,(H,30,33). The number of amides is 2. The maximum Gasteiger partial charge on any atom is 0.258 e. The predicted molar refractivity (Wildman–Crippen MR) is 136 cm³/mol. The van der Waals surface area contributed by atoms with Crippen molar-refractivity contribution in [1.82, 2.24) is 4.57 Å². The second kappa shape index (κ2) is 9.18. The van der Waals surface area contributed by atoms with Crippen molar-refractivity contribution in [2.75, 3.05) is 10.2 Å². The number of hydrogen-bond acceptors (Lipinski definition) is 2. The number of hydrogen-bond donors (Lipinski definition) is 1. The average molecular weight is 511 g/mol. The number of nitrogens with one attached hydrogen (secondary N) is 1. The molecule has 4 aromatic rings. The van der Waals surface area contributed by atoms with Crippen molar-refractivity contribution >= 4 is 58.0 Å². The molecule has 2 heterocycles. The first-order valence-electron chi connectivity index (χ1n) is 10.5. The number of nitrogens with zero attached hydrogens (tertiary/aromatic N) is 2. The summed E-state index contributed by atoms with van der Waals surface area (Å²) in [5.74, 6) is -0.604. The van der Waals surface area contributed by atoms with E-state index >= 15 is 0 Å². The number of anilines is 2. The summed E-state index contributed by atoms with van der Waals surface area (Å²) in [4.78, 5) is 28.0. The third kappa shape index (κ3) is 4.30. The van der Waals surface area contributed by atoms with Crippen molar-refractivity contribution in [3.05, 3.63) is 116 Å². The van der Waals surface area contributed by atoms with Crippen LogP contribution in [0.1, 0.15) is 32.0 Å². The number of benzene rings is 3. The van der Waals surface area contributed by atoms with Gasteiger partial charge in [0, 0.05) is 34.7 Å². The molecule has 0 fully saturated rings. The molecule has 1 aliphatic heterocycles. The van der Waals surface area contributed by atoms with Crippen LogP contribution in [-0.2, 0) is 13.1 Å². The van der Waals surface area contributed by atoms with Crippen molar-refractivity contribution in [2.45, 2.75) is 13.1 Å². The Morgan fingerprint density at radius 3 is 2.44 bits per heavy atom. The summed E-state index contributed by atoms with van der Waals surface area (Å²) in [6.07, 6.45) is 2.02. The predicted octanol–water partition coefficient (Wildman–Crippen LogP) is 6.91. The lowest BCUT2D eigenvalue weighted by Gasteiger charge is -2.23. The Morgan fingerprint density at radius 1 is 0.824 bits per heavy atom. The lowest BCUT2D eigenvalue weighted by Crippen LogP contribution is -2.30.